The van der Waals surface area contributed by atoms with Gasteiger partial charge in [0.1, 0.15) is 0 Å². The van der Waals surface area contributed by atoms with E-state index in [1.165, 1.54) is 21.9 Å². The van der Waals surface area contributed by atoms with Gasteiger partial charge < -0.3 is 9.67 Å². The molecule has 0 fully saturated rings. The first-order valence-electron chi connectivity index (χ1n) is 8.51. The Labute approximate surface area is 154 Å². The molecule has 0 spiro atoms. The Balaban J connectivity index is 1.94. The maximum absolute atomic E-state index is 12.4. The van der Waals surface area contributed by atoms with Crippen LogP contribution in [0.25, 0.3) is 11.2 Å². The Bertz CT molecular complexity index is 1000. The van der Waals surface area contributed by atoms with E-state index in [9.17, 15) is 14.7 Å². The predicted molar refractivity (Wildman–Crippen MR) is 103 cm³/mol. The van der Waals surface area contributed by atoms with Gasteiger partial charge in [-0.15, -0.1) is 0 Å². The Morgan fingerprint density at radius 3 is 2.69 bits per heavy atom. The van der Waals surface area contributed by atoms with Crippen LogP contribution in [0.1, 0.15) is 18.9 Å². The lowest BCUT2D eigenvalue weighted by molar-refractivity contribution is 0.220. The highest BCUT2D eigenvalue weighted by molar-refractivity contribution is 7.99. The van der Waals surface area contributed by atoms with E-state index in [4.69, 9.17) is 0 Å². The van der Waals surface area contributed by atoms with E-state index in [-0.39, 0.29) is 0 Å². The molecular weight excluding hydrogens is 352 g/mol. The molecule has 8 heteroatoms. The average Bonchev–Trinajstić information content (AvgIpc) is 2.98. The standard InChI is InChI=1S/C18H22N4O3S/c1-12(23)11-26-18-19-15-14(16(24)20-17(25)21(15)2)22(18)10-6-9-13-7-4-3-5-8-13/h3-5,7-8,12,23H,6,9-11H2,1-2H3,(H,20,24,25). The van der Waals surface area contributed by atoms with E-state index in [2.05, 4.69) is 22.1 Å². The van der Waals surface area contributed by atoms with Crippen molar-refractivity contribution in [2.24, 2.45) is 7.05 Å². The molecule has 138 valence electrons. The number of hydrogen-bond donors (Lipinski definition) is 2. The summed E-state index contributed by atoms with van der Waals surface area (Å²) in [5, 5.41) is 10.2. The van der Waals surface area contributed by atoms with Crippen LogP contribution in [0.3, 0.4) is 0 Å². The number of aromatic amines is 1. The van der Waals surface area contributed by atoms with Crippen molar-refractivity contribution in [2.75, 3.05) is 5.75 Å². The summed E-state index contributed by atoms with van der Waals surface area (Å²) in [6, 6.07) is 10.1. The van der Waals surface area contributed by atoms with Gasteiger partial charge in [-0.05, 0) is 25.3 Å². The molecule has 0 radical (unpaired) electrons. The fourth-order valence-electron chi connectivity index (χ4n) is 2.81. The zero-order valence-electron chi connectivity index (χ0n) is 14.8. The molecule has 0 aliphatic heterocycles. The molecule has 0 aliphatic carbocycles. The second kappa shape index (κ2) is 7.92. The number of H-pyrrole nitrogens is 1. The molecule has 1 atom stereocenters. The monoisotopic (exact) mass is 374 g/mol. The van der Waals surface area contributed by atoms with Gasteiger partial charge in [0.2, 0.25) is 0 Å². The first-order valence-corrected chi connectivity index (χ1v) is 9.50. The summed E-state index contributed by atoms with van der Waals surface area (Å²) in [7, 11) is 1.59. The molecule has 7 nitrogen and oxygen atoms in total. The molecule has 1 unspecified atom stereocenters. The minimum absolute atomic E-state index is 0.367. The second-order valence-corrected chi connectivity index (χ2v) is 7.27. The number of thioether (sulfide) groups is 1. The highest BCUT2D eigenvalue weighted by Crippen LogP contribution is 2.23. The average molecular weight is 374 g/mol. The van der Waals surface area contributed by atoms with Crippen LogP contribution in [0.5, 0.6) is 0 Å². The van der Waals surface area contributed by atoms with Gasteiger partial charge in [0, 0.05) is 19.3 Å². The van der Waals surface area contributed by atoms with Crippen LogP contribution in [-0.2, 0) is 20.0 Å². The molecule has 2 heterocycles. The summed E-state index contributed by atoms with van der Waals surface area (Å²) in [4.78, 5) is 31.0. The normalized spacial score (nSPS) is 12.6. The van der Waals surface area contributed by atoms with Crippen LogP contribution in [0, 0.1) is 0 Å². The van der Waals surface area contributed by atoms with Gasteiger partial charge in [-0.2, -0.15) is 0 Å². The summed E-state index contributed by atoms with van der Waals surface area (Å²) in [6.45, 7) is 2.31. The molecular formula is C18H22N4O3S. The number of aliphatic hydroxyl groups is 1. The van der Waals surface area contributed by atoms with E-state index in [1.54, 1.807) is 14.0 Å². The van der Waals surface area contributed by atoms with Crippen molar-refractivity contribution in [3.05, 3.63) is 56.7 Å². The van der Waals surface area contributed by atoms with Gasteiger partial charge in [0.25, 0.3) is 5.56 Å². The number of fused-ring (bicyclic) bond motifs is 1. The second-order valence-electron chi connectivity index (χ2n) is 6.29. The molecule has 0 bridgehead atoms. The molecule has 3 aromatic rings. The van der Waals surface area contributed by atoms with Crippen LogP contribution in [0.15, 0.2) is 45.1 Å². The van der Waals surface area contributed by atoms with Crippen molar-refractivity contribution in [2.45, 2.75) is 37.6 Å². The van der Waals surface area contributed by atoms with E-state index in [1.807, 2.05) is 22.8 Å². The van der Waals surface area contributed by atoms with E-state index in [0.29, 0.717) is 28.6 Å². The zero-order valence-corrected chi connectivity index (χ0v) is 15.6. The molecule has 26 heavy (non-hydrogen) atoms. The molecule has 2 N–H and O–H groups in total. The summed E-state index contributed by atoms with van der Waals surface area (Å²) in [6.07, 6.45) is 1.23. The lowest BCUT2D eigenvalue weighted by Crippen LogP contribution is -2.29. The number of nitrogens with one attached hydrogen (secondary N) is 1. The third-order valence-corrected chi connectivity index (χ3v) is 5.33. The Morgan fingerprint density at radius 2 is 2.00 bits per heavy atom. The number of aryl methyl sites for hydroxylation is 3. The van der Waals surface area contributed by atoms with Crippen LogP contribution in [-0.4, -0.2) is 36.1 Å². The molecule has 0 saturated heterocycles. The number of nitrogens with zero attached hydrogens (tertiary/aromatic N) is 3. The van der Waals surface area contributed by atoms with Crippen molar-refractivity contribution in [3.63, 3.8) is 0 Å². The quantitative estimate of drug-likeness (QED) is 0.612. The minimum atomic E-state index is -0.486. The fraction of sp³-hybridized carbons (Fsp3) is 0.389. The van der Waals surface area contributed by atoms with Crippen molar-refractivity contribution < 1.29 is 5.11 Å². The van der Waals surface area contributed by atoms with Crippen molar-refractivity contribution in [1.29, 1.82) is 0 Å². The molecule has 0 saturated carbocycles. The largest absolute Gasteiger partial charge is 0.393 e. The van der Waals surface area contributed by atoms with Gasteiger partial charge in [-0.25, -0.2) is 9.78 Å². The van der Waals surface area contributed by atoms with Crippen molar-refractivity contribution >= 4 is 22.9 Å². The molecule has 0 aliphatic rings. The lowest BCUT2D eigenvalue weighted by Gasteiger charge is -2.09. The SMILES string of the molecule is CC(O)CSc1nc2c(c(=O)[nH]c(=O)n2C)n1CCCc1ccccc1. The third kappa shape index (κ3) is 3.91. The van der Waals surface area contributed by atoms with Gasteiger partial charge in [0.05, 0.1) is 6.10 Å². The van der Waals surface area contributed by atoms with Crippen LogP contribution in [0.4, 0.5) is 0 Å². The van der Waals surface area contributed by atoms with Crippen molar-refractivity contribution in [3.8, 4) is 0 Å². The molecule has 0 amide bonds. The third-order valence-electron chi connectivity index (χ3n) is 4.12. The topological polar surface area (TPSA) is 92.9 Å². The maximum atomic E-state index is 12.4. The fourth-order valence-corrected chi connectivity index (χ4v) is 3.69. The smallest absolute Gasteiger partial charge is 0.329 e. The van der Waals surface area contributed by atoms with E-state index in [0.717, 1.165) is 12.8 Å². The molecule has 2 aromatic heterocycles. The maximum Gasteiger partial charge on any atom is 0.329 e. The van der Waals surface area contributed by atoms with Gasteiger partial charge in [-0.1, -0.05) is 42.1 Å². The highest BCUT2D eigenvalue weighted by Gasteiger charge is 2.17. The summed E-state index contributed by atoms with van der Waals surface area (Å²) >= 11 is 1.38. The van der Waals surface area contributed by atoms with Crippen molar-refractivity contribution in [1.82, 2.24) is 19.1 Å². The van der Waals surface area contributed by atoms with E-state index < -0.39 is 17.4 Å². The summed E-state index contributed by atoms with van der Waals surface area (Å²) < 4.78 is 3.19. The number of hydrogen-bond acceptors (Lipinski definition) is 5. The lowest BCUT2D eigenvalue weighted by atomic mass is 10.1. The van der Waals surface area contributed by atoms with Gasteiger partial charge in [-0.3, -0.25) is 14.3 Å². The zero-order chi connectivity index (χ0) is 18.7. The first-order chi connectivity index (χ1) is 12.5. The number of aliphatic hydroxyl groups excluding tert-OH is 1. The van der Waals surface area contributed by atoms with E-state index >= 15 is 0 Å². The first kappa shape index (κ1) is 18.5. The number of imidazole rings is 1. The Hall–Kier alpha value is -2.32. The Kier molecular flexibility index (Phi) is 5.63. The van der Waals surface area contributed by atoms with Crippen LogP contribution in [0.2, 0.25) is 0 Å². The number of aromatic nitrogens is 4. The van der Waals surface area contributed by atoms with Gasteiger partial charge >= 0.3 is 5.69 Å². The van der Waals surface area contributed by atoms with Gasteiger partial charge in [0.15, 0.2) is 16.3 Å². The highest BCUT2D eigenvalue weighted by atomic mass is 32.2. The molecule has 1 aromatic carbocycles. The summed E-state index contributed by atoms with van der Waals surface area (Å²) in [5.74, 6) is 0.466. The van der Waals surface area contributed by atoms with Crippen LogP contribution >= 0.6 is 11.8 Å². The number of benzene rings is 1. The summed E-state index contributed by atoms with van der Waals surface area (Å²) in [5.41, 5.74) is 1.08. The number of rotatable bonds is 7. The minimum Gasteiger partial charge on any atom is -0.393 e. The van der Waals surface area contributed by atoms with Crippen LogP contribution < -0.4 is 11.2 Å². The predicted octanol–water partition coefficient (Wildman–Crippen LogP) is 1.53. The Morgan fingerprint density at radius 1 is 1.27 bits per heavy atom. The molecule has 3 rings (SSSR count).